The number of ketones is 1. The lowest BCUT2D eigenvalue weighted by atomic mass is 10.1. The molecular formula is C13H16N2O2S. The maximum absolute atomic E-state index is 12.3. The van der Waals surface area contributed by atoms with Crippen molar-refractivity contribution in [1.29, 1.82) is 0 Å². The molecule has 4 nitrogen and oxygen atoms in total. The average Bonchev–Trinajstić information content (AvgIpc) is 2.98. The molecule has 0 unspecified atom stereocenters. The summed E-state index contributed by atoms with van der Waals surface area (Å²) in [6, 6.07) is 1.97. The number of hydrogen-bond acceptors (Lipinski definition) is 4. The van der Waals surface area contributed by atoms with Gasteiger partial charge >= 0.3 is 0 Å². The number of Topliss-reactive ketones (excluding diaryl/α,β-unsaturated/α-hetero) is 1. The van der Waals surface area contributed by atoms with E-state index in [2.05, 4.69) is 12.0 Å². The van der Waals surface area contributed by atoms with E-state index in [1.54, 1.807) is 29.3 Å². The lowest BCUT2D eigenvalue weighted by molar-refractivity contribution is 0.0979. The van der Waals surface area contributed by atoms with Crippen LogP contribution in [0.1, 0.15) is 29.4 Å². The highest BCUT2D eigenvalue weighted by atomic mass is 32.1. The number of aromatic nitrogens is 2. The first-order valence-electron chi connectivity index (χ1n) is 5.90. The van der Waals surface area contributed by atoms with Gasteiger partial charge in [-0.1, -0.05) is 6.92 Å². The summed E-state index contributed by atoms with van der Waals surface area (Å²) in [5.74, 6) is 0.611. The van der Waals surface area contributed by atoms with Gasteiger partial charge in [0.1, 0.15) is 5.69 Å². The van der Waals surface area contributed by atoms with Crippen LogP contribution in [0, 0.1) is 0 Å². The zero-order valence-corrected chi connectivity index (χ0v) is 11.4. The van der Waals surface area contributed by atoms with Crippen LogP contribution in [-0.4, -0.2) is 22.7 Å². The van der Waals surface area contributed by atoms with Gasteiger partial charge in [-0.2, -0.15) is 16.4 Å². The summed E-state index contributed by atoms with van der Waals surface area (Å²) in [5.41, 5.74) is 1.61. The van der Waals surface area contributed by atoms with Gasteiger partial charge in [0.05, 0.1) is 13.3 Å². The number of aryl methyl sites for hydroxylation is 1. The highest BCUT2D eigenvalue weighted by Crippen LogP contribution is 2.20. The number of methoxy groups -OCH3 is 1. The maximum Gasteiger partial charge on any atom is 0.189 e. The third-order valence-electron chi connectivity index (χ3n) is 2.67. The van der Waals surface area contributed by atoms with Gasteiger partial charge in [0.15, 0.2) is 11.5 Å². The van der Waals surface area contributed by atoms with Gasteiger partial charge in [-0.05, 0) is 28.8 Å². The minimum absolute atomic E-state index is 0.0520. The van der Waals surface area contributed by atoms with E-state index < -0.39 is 0 Å². The highest BCUT2D eigenvalue weighted by molar-refractivity contribution is 7.08. The van der Waals surface area contributed by atoms with Crippen LogP contribution in [0.5, 0.6) is 5.75 Å². The Morgan fingerprint density at radius 3 is 3.00 bits per heavy atom. The van der Waals surface area contributed by atoms with E-state index in [0.717, 1.165) is 18.5 Å². The molecule has 96 valence electrons. The van der Waals surface area contributed by atoms with Crippen molar-refractivity contribution in [1.82, 2.24) is 9.78 Å². The van der Waals surface area contributed by atoms with Gasteiger partial charge in [-0.25, -0.2) is 0 Å². The smallest absolute Gasteiger partial charge is 0.189 e. The summed E-state index contributed by atoms with van der Waals surface area (Å²) in [4.78, 5) is 12.3. The van der Waals surface area contributed by atoms with Crippen molar-refractivity contribution in [3.8, 4) is 5.75 Å². The molecule has 0 N–H and O–H groups in total. The van der Waals surface area contributed by atoms with E-state index in [9.17, 15) is 4.79 Å². The molecule has 5 heteroatoms. The van der Waals surface area contributed by atoms with Crippen molar-refractivity contribution in [3.63, 3.8) is 0 Å². The molecule has 2 heterocycles. The molecule has 0 fully saturated rings. The summed E-state index contributed by atoms with van der Waals surface area (Å²) in [7, 11) is 1.56. The van der Waals surface area contributed by atoms with E-state index in [-0.39, 0.29) is 5.78 Å². The van der Waals surface area contributed by atoms with Crippen LogP contribution in [0.3, 0.4) is 0 Å². The van der Waals surface area contributed by atoms with Crippen molar-refractivity contribution in [2.75, 3.05) is 7.11 Å². The summed E-state index contributed by atoms with van der Waals surface area (Å²) >= 11 is 1.60. The van der Waals surface area contributed by atoms with Crippen molar-refractivity contribution < 1.29 is 9.53 Å². The van der Waals surface area contributed by atoms with Gasteiger partial charge in [0.25, 0.3) is 0 Å². The van der Waals surface area contributed by atoms with E-state index in [0.29, 0.717) is 17.9 Å². The highest BCUT2D eigenvalue weighted by Gasteiger charge is 2.19. The number of carbonyl (C=O) groups excluding carboxylic acids is 1. The molecular weight excluding hydrogens is 248 g/mol. The summed E-state index contributed by atoms with van der Waals surface area (Å²) < 4.78 is 6.94. The third kappa shape index (κ3) is 2.61. The fraction of sp³-hybridized carbons (Fsp3) is 0.385. The quantitative estimate of drug-likeness (QED) is 0.754. The van der Waals surface area contributed by atoms with Crippen LogP contribution in [0.4, 0.5) is 0 Å². The molecule has 0 aliphatic heterocycles. The van der Waals surface area contributed by atoms with Crippen LogP contribution >= 0.6 is 11.3 Å². The van der Waals surface area contributed by atoms with Crippen LogP contribution in [0.25, 0.3) is 0 Å². The fourth-order valence-corrected chi connectivity index (χ4v) is 2.51. The Hall–Kier alpha value is -1.62. The lowest BCUT2D eigenvalue weighted by Gasteiger charge is -2.06. The molecule has 0 saturated carbocycles. The zero-order chi connectivity index (χ0) is 13.0. The fourth-order valence-electron chi connectivity index (χ4n) is 1.84. The average molecular weight is 264 g/mol. The Morgan fingerprint density at radius 1 is 1.56 bits per heavy atom. The molecule has 2 aromatic heterocycles. The Labute approximate surface area is 110 Å². The molecule has 0 spiro atoms. The molecule has 2 rings (SSSR count). The van der Waals surface area contributed by atoms with Gasteiger partial charge < -0.3 is 4.74 Å². The molecule has 2 aromatic rings. The van der Waals surface area contributed by atoms with Crippen molar-refractivity contribution in [2.24, 2.45) is 0 Å². The summed E-state index contributed by atoms with van der Waals surface area (Å²) in [6.07, 6.45) is 2.94. The van der Waals surface area contributed by atoms with Gasteiger partial charge in [-0.3, -0.25) is 9.48 Å². The molecule has 0 amide bonds. The van der Waals surface area contributed by atoms with Gasteiger partial charge in [0, 0.05) is 13.0 Å². The Kier molecular flexibility index (Phi) is 4.15. The second kappa shape index (κ2) is 5.82. The number of rotatable bonds is 6. The molecule has 0 bridgehead atoms. The molecule has 0 saturated heterocycles. The van der Waals surface area contributed by atoms with Crippen molar-refractivity contribution >= 4 is 17.1 Å². The van der Waals surface area contributed by atoms with Crippen molar-refractivity contribution in [2.45, 2.75) is 26.3 Å². The number of thiophene rings is 1. The van der Waals surface area contributed by atoms with E-state index in [1.165, 1.54) is 0 Å². The first kappa shape index (κ1) is 12.8. The molecule has 0 aliphatic rings. The largest absolute Gasteiger partial charge is 0.493 e. The lowest BCUT2D eigenvalue weighted by Crippen LogP contribution is -2.13. The second-order valence-electron chi connectivity index (χ2n) is 4.02. The normalized spacial score (nSPS) is 10.6. The predicted octanol–water partition coefficient (Wildman–Crippen LogP) is 2.79. The van der Waals surface area contributed by atoms with E-state index in [4.69, 9.17) is 4.74 Å². The first-order chi connectivity index (χ1) is 8.76. The standard InChI is InChI=1S/C13H16N2O2S/c1-3-5-15-13(12(17-2)8-14-15)11(16)7-10-4-6-18-9-10/h4,6,8-9H,3,5,7H2,1-2H3. The number of nitrogens with zero attached hydrogens (tertiary/aromatic N) is 2. The predicted molar refractivity (Wildman–Crippen MR) is 71.4 cm³/mol. The Balaban J connectivity index is 2.24. The molecule has 18 heavy (non-hydrogen) atoms. The van der Waals surface area contributed by atoms with Gasteiger partial charge in [0.2, 0.25) is 0 Å². The third-order valence-corrected chi connectivity index (χ3v) is 3.40. The van der Waals surface area contributed by atoms with Crippen molar-refractivity contribution in [3.05, 3.63) is 34.3 Å². The van der Waals surface area contributed by atoms with Crippen LogP contribution in [-0.2, 0) is 13.0 Å². The summed E-state index contributed by atoms with van der Waals surface area (Å²) in [6.45, 7) is 2.79. The van der Waals surface area contributed by atoms with Gasteiger partial charge in [-0.15, -0.1) is 0 Å². The van der Waals surface area contributed by atoms with E-state index in [1.807, 2.05) is 16.8 Å². The molecule has 0 aromatic carbocycles. The minimum Gasteiger partial charge on any atom is -0.493 e. The molecule has 0 radical (unpaired) electrons. The van der Waals surface area contributed by atoms with Crippen LogP contribution in [0.15, 0.2) is 23.0 Å². The molecule has 0 aliphatic carbocycles. The first-order valence-corrected chi connectivity index (χ1v) is 6.84. The SMILES string of the molecule is CCCn1ncc(OC)c1C(=O)Cc1ccsc1. The minimum atomic E-state index is 0.0520. The maximum atomic E-state index is 12.3. The second-order valence-corrected chi connectivity index (χ2v) is 4.80. The number of hydrogen-bond donors (Lipinski definition) is 0. The van der Waals surface area contributed by atoms with Crippen LogP contribution < -0.4 is 4.74 Å². The monoisotopic (exact) mass is 264 g/mol. The van der Waals surface area contributed by atoms with Crippen LogP contribution in [0.2, 0.25) is 0 Å². The number of ether oxygens (including phenoxy) is 1. The number of carbonyl (C=O) groups is 1. The molecule has 0 atom stereocenters. The summed E-state index contributed by atoms with van der Waals surface area (Å²) in [5, 5.41) is 8.17. The topological polar surface area (TPSA) is 44.1 Å². The Bertz CT molecular complexity index is 517. The van der Waals surface area contributed by atoms with E-state index >= 15 is 0 Å². The zero-order valence-electron chi connectivity index (χ0n) is 10.5. The Morgan fingerprint density at radius 2 is 2.39 bits per heavy atom.